The number of hydrogen-bond donors (Lipinski definition) is 3. The number of nitrogens with zero attached hydrogens (tertiary/aromatic N) is 5. The van der Waals surface area contributed by atoms with Gasteiger partial charge in [-0.25, -0.2) is 14.6 Å². The van der Waals surface area contributed by atoms with Crippen LogP contribution in [0, 0.1) is 0 Å². The monoisotopic (exact) mass is 469 g/mol. The SMILES string of the molecule is C=CC(=O)Nc1cc(O)cc(-c2nn(CCN(C(=O)C=C)c3ccccc3)c3ncnc(N)c23)c1. The van der Waals surface area contributed by atoms with E-state index in [9.17, 15) is 14.7 Å². The lowest BCUT2D eigenvalue weighted by Gasteiger charge is -2.21. The molecule has 0 bridgehead atoms. The Bertz CT molecular complexity index is 1430. The van der Waals surface area contributed by atoms with Crippen molar-refractivity contribution in [1.82, 2.24) is 19.7 Å². The summed E-state index contributed by atoms with van der Waals surface area (Å²) >= 11 is 0. The summed E-state index contributed by atoms with van der Waals surface area (Å²) in [5.74, 6) is -0.546. The van der Waals surface area contributed by atoms with Crippen LogP contribution in [0.2, 0.25) is 0 Å². The van der Waals surface area contributed by atoms with Gasteiger partial charge in [-0.15, -0.1) is 0 Å². The van der Waals surface area contributed by atoms with Gasteiger partial charge in [0.15, 0.2) is 5.65 Å². The predicted octanol–water partition coefficient (Wildman–Crippen LogP) is 3.12. The number of phenolic OH excluding ortho intramolecular Hbond substituents is 1. The van der Waals surface area contributed by atoms with Gasteiger partial charge in [-0.3, -0.25) is 9.59 Å². The van der Waals surface area contributed by atoms with Crippen LogP contribution >= 0.6 is 0 Å². The Balaban J connectivity index is 1.75. The van der Waals surface area contributed by atoms with E-state index in [1.54, 1.807) is 15.6 Å². The molecule has 2 heterocycles. The highest BCUT2D eigenvalue weighted by Crippen LogP contribution is 2.34. The van der Waals surface area contributed by atoms with E-state index >= 15 is 0 Å². The van der Waals surface area contributed by atoms with E-state index in [-0.39, 0.29) is 24.0 Å². The summed E-state index contributed by atoms with van der Waals surface area (Å²) in [5.41, 5.74) is 8.63. The van der Waals surface area contributed by atoms with Crippen LogP contribution < -0.4 is 16.0 Å². The highest BCUT2D eigenvalue weighted by Gasteiger charge is 2.20. The maximum absolute atomic E-state index is 12.5. The largest absolute Gasteiger partial charge is 0.508 e. The third-order valence-electron chi connectivity index (χ3n) is 5.25. The van der Waals surface area contributed by atoms with Crippen molar-refractivity contribution in [2.24, 2.45) is 0 Å². The Hall–Kier alpha value is -4.99. The lowest BCUT2D eigenvalue weighted by atomic mass is 10.1. The molecule has 2 aromatic heterocycles. The van der Waals surface area contributed by atoms with E-state index in [2.05, 4.69) is 33.5 Å². The molecule has 4 N–H and O–H groups in total. The summed E-state index contributed by atoms with van der Waals surface area (Å²) in [7, 11) is 0. The maximum Gasteiger partial charge on any atom is 0.250 e. The molecule has 0 spiro atoms. The summed E-state index contributed by atoms with van der Waals surface area (Å²) in [6, 6.07) is 13.8. The number of aromatic hydroxyl groups is 1. The standard InChI is InChI=1S/C25H23N7O3/c1-3-20(34)29-17-12-16(13-19(33)14-17)23-22-24(26)27-15-28-25(22)32(30-23)11-10-31(21(35)4-2)18-8-6-5-7-9-18/h3-9,12-15,33H,1-2,10-11H2,(H,29,34)(H2,26,27,28). The minimum absolute atomic E-state index is 0.0770. The van der Waals surface area contributed by atoms with Crippen LogP contribution in [0.25, 0.3) is 22.3 Å². The predicted molar refractivity (Wildman–Crippen MR) is 135 cm³/mol. The Kier molecular flexibility index (Phi) is 6.54. The number of nitrogen functional groups attached to an aromatic ring is 1. The van der Waals surface area contributed by atoms with Crippen molar-refractivity contribution < 1.29 is 14.7 Å². The van der Waals surface area contributed by atoms with Gasteiger partial charge in [-0.05, 0) is 36.4 Å². The van der Waals surface area contributed by atoms with E-state index in [4.69, 9.17) is 5.73 Å². The Morgan fingerprint density at radius 2 is 1.89 bits per heavy atom. The zero-order valence-electron chi connectivity index (χ0n) is 18.8. The lowest BCUT2D eigenvalue weighted by Crippen LogP contribution is -2.32. The van der Waals surface area contributed by atoms with Gasteiger partial charge in [0, 0.05) is 29.5 Å². The topological polar surface area (TPSA) is 139 Å². The van der Waals surface area contributed by atoms with Crippen molar-refractivity contribution >= 4 is 40.0 Å². The lowest BCUT2D eigenvalue weighted by molar-refractivity contribution is -0.114. The number of hydrogen-bond acceptors (Lipinski definition) is 7. The van der Waals surface area contributed by atoms with Gasteiger partial charge in [-0.1, -0.05) is 31.4 Å². The molecule has 2 aromatic carbocycles. The van der Waals surface area contributed by atoms with Gasteiger partial charge in [0.25, 0.3) is 0 Å². The minimum atomic E-state index is -0.423. The fourth-order valence-corrected chi connectivity index (χ4v) is 3.68. The molecule has 0 aliphatic heterocycles. The first-order chi connectivity index (χ1) is 16.9. The van der Waals surface area contributed by atoms with Crippen LogP contribution in [0.1, 0.15) is 0 Å². The van der Waals surface area contributed by atoms with Crippen LogP contribution in [0.3, 0.4) is 0 Å². The number of carbonyl (C=O) groups excluding carboxylic acids is 2. The number of fused-ring (bicyclic) bond motifs is 1. The number of benzene rings is 2. The number of nitrogens with two attached hydrogens (primary N) is 1. The molecule has 0 atom stereocenters. The number of anilines is 3. The van der Waals surface area contributed by atoms with Crippen molar-refractivity contribution in [2.75, 3.05) is 22.5 Å². The van der Waals surface area contributed by atoms with Crippen molar-refractivity contribution in [3.63, 3.8) is 0 Å². The van der Waals surface area contributed by atoms with Crippen LogP contribution in [-0.2, 0) is 16.1 Å². The summed E-state index contributed by atoms with van der Waals surface area (Å²) in [6.07, 6.45) is 3.72. The summed E-state index contributed by atoms with van der Waals surface area (Å²) in [5, 5.41) is 18.0. The number of aromatic nitrogens is 4. The van der Waals surface area contributed by atoms with Crippen LogP contribution in [-0.4, -0.2) is 43.2 Å². The summed E-state index contributed by atoms with van der Waals surface area (Å²) < 4.78 is 1.63. The third kappa shape index (κ3) is 4.86. The van der Waals surface area contributed by atoms with Gasteiger partial charge < -0.3 is 21.1 Å². The van der Waals surface area contributed by atoms with E-state index in [1.807, 2.05) is 30.3 Å². The number of carbonyl (C=O) groups is 2. The quantitative estimate of drug-likeness (QED) is 0.337. The molecule has 0 unspecified atom stereocenters. The molecular formula is C25H23N7O3. The van der Waals surface area contributed by atoms with Crippen molar-refractivity contribution in [2.45, 2.75) is 6.54 Å². The van der Waals surface area contributed by atoms with E-state index < -0.39 is 5.91 Å². The molecule has 10 heteroatoms. The van der Waals surface area contributed by atoms with Gasteiger partial charge >= 0.3 is 0 Å². The fourth-order valence-electron chi connectivity index (χ4n) is 3.68. The number of para-hydroxylation sites is 1. The Labute approximate surface area is 201 Å². The number of rotatable bonds is 8. The van der Waals surface area contributed by atoms with Crippen LogP contribution in [0.5, 0.6) is 5.75 Å². The molecule has 4 rings (SSSR count). The highest BCUT2D eigenvalue weighted by molar-refractivity contribution is 6.02. The first kappa shape index (κ1) is 23.2. The zero-order chi connectivity index (χ0) is 24.9. The molecule has 0 saturated carbocycles. The normalized spacial score (nSPS) is 10.6. The Morgan fingerprint density at radius 3 is 2.60 bits per heavy atom. The van der Waals surface area contributed by atoms with E-state index in [0.717, 1.165) is 11.8 Å². The van der Waals surface area contributed by atoms with Gasteiger partial charge in [0.2, 0.25) is 11.8 Å². The van der Waals surface area contributed by atoms with Gasteiger partial charge in [-0.2, -0.15) is 5.10 Å². The summed E-state index contributed by atoms with van der Waals surface area (Å²) in [6.45, 7) is 7.61. The molecular weight excluding hydrogens is 446 g/mol. The van der Waals surface area contributed by atoms with Crippen molar-refractivity contribution in [3.8, 4) is 17.0 Å². The minimum Gasteiger partial charge on any atom is -0.508 e. The summed E-state index contributed by atoms with van der Waals surface area (Å²) in [4.78, 5) is 34.3. The van der Waals surface area contributed by atoms with Crippen LogP contribution in [0.4, 0.5) is 17.2 Å². The van der Waals surface area contributed by atoms with E-state index in [1.165, 1.54) is 24.5 Å². The van der Waals surface area contributed by atoms with E-state index in [0.29, 0.717) is 34.5 Å². The first-order valence-corrected chi connectivity index (χ1v) is 10.6. The second-order valence-corrected chi connectivity index (χ2v) is 7.52. The zero-order valence-corrected chi connectivity index (χ0v) is 18.8. The molecule has 0 aliphatic carbocycles. The van der Waals surface area contributed by atoms with Crippen molar-refractivity contribution in [1.29, 1.82) is 0 Å². The molecule has 176 valence electrons. The van der Waals surface area contributed by atoms with Crippen LogP contribution in [0.15, 0.2) is 80.2 Å². The molecule has 0 saturated heterocycles. The molecule has 4 aromatic rings. The molecule has 0 aliphatic rings. The fraction of sp³-hybridized carbons (Fsp3) is 0.0800. The highest BCUT2D eigenvalue weighted by atomic mass is 16.3. The number of nitrogens with one attached hydrogen (secondary N) is 1. The molecule has 35 heavy (non-hydrogen) atoms. The average molecular weight is 470 g/mol. The Morgan fingerprint density at radius 1 is 1.11 bits per heavy atom. The first-order valence-electron chi connectivity index (χ1n) is 10.6. The second kappa shape index (κ2) is 9.87. The number of amides is 2. The molecule has 0 radical (unpaired) electrons. The molecule has 0 fully saturated rings. The number of phenols is 1. The average Bonchev–Trinajstić information content (AvgIpc) is 3.24. The third-order valence-corrected chi connectivity index (χ3v) is 5.25. The molecule has 10 nitrogen and oxygen atoms in total. The van der Waals surface area contributed by atoms with Gasteiger partial charge in [0.05, 0.1) is 11.9 Å². The second-order valence-electron chi connectivity index (χ2n) is 7.52. The van der Waals surface area contributed by atoms with Crippen molar-refractivity contribution in [3.05, 3.63) is 80.2 Å². The smallest absolute Gasteiger partial charge is 0.250 e. The van der Waals surface area contributed by atoms with Gasteiger partial charge in [0.1, 0.15) is 23.6 Å². The maximum atomic E-state index is 12.5. The molecule has 2 amide bonds.